The first-order chi connectivity index (χ1) is 13.1. The van der Waals surface area contributed by atoms with Gasteiger partial charge < -0.3 is 20.3 Å². The third kappa shape index (κ3) is 4.44. The van der Waals surface area contributed by atoms with Gasteiger partial charge in [0.2, 0.25) is 5.95 Å². The highest BCUT2D eigenvalue weighted by Gasteiger charge is 2.11. The molecule has 0 aliphatic rings. The fourth-order valence-electron chi connectivity index (χ4n) is 2.74. The number of hydrogen-bond acceptors (Lipinski definition) is 5. The van der Waals surface area contributed by atoms with Gasteiger partial charge in [0.15, 0.2) is 0 Å². The predicted molar refractivity (Wildman–Crippen MR) is 104 cm³/mol. The fraction of sp³-hybridized carbons (Fsp3) is 0.250. The van der Waals surface area contributed by atoms with Crippen LogP contribution >= 0.6 is 0 Å². The number of para-hydroxylation sites is 1. The van der Waals surface area contributed by atoms with E-state index < -0.39 is 0 Å². The highest BCUT2D eigenvalue weighted by molar-refractivity contribution is 5.94. The van der Waals surface area contributed by atoms with Gasteiger partial charge in [0.25, 0.3) is 5.91 Å². The molecule has 1 aromatic carbocycles. The molecule has 0 aliphatic heterocycles. The van der Waals surface area contributed by atoms with Crippen molar-refractivity contribution < 1.29 is 9.90 Å². The van der Waals surface area contributed by atoms with Crippen molar-refractivity contribution in [2.24, 2.45) is 0 Å². The van der Waals surface area contributed by atoms with Crippen molar-refractivity contribution in [3.63, 3.8) is 0 Å². The number of nitrogens with one attached hydrogen (secondary N) is 2. The monoisotopic (exact) mass is 365 g/mol. The second kappa shape index (κ2) is 8.35. The second-order valence-electron chi connectivity index (χ2n) is 6.17. The van der Waals surface area contributed by atoms with E-state index >= 15 is 0 Å². The molecular weight excluding hydrogens is 342 g/mol. The van der Waals surface area contributed by atoms with Gasteiger partial charge >= 0.3 is 0 Å². The SMILES string of the molecule is CCNc1ncc(C)c(-n2ccc(C(=O)NCCc3ccccc3O)c2)n1. The van der Waals surface area contributed by atoms with Crippen LogP contribution in [0.5, 0.6) is 5.75 Å². The number of aromatic hydroxyl groups is 1. The Morgan fingerprint density at radius 2 is 2.07 bits per heavy atom. The van der Waals surface area contributed by atoms with Crippen LogP contribution in [0.25, 0.3) is 5.82 Å². The summed E-state index contributed by atoms with van der Waals surface area (Å²) in [6.07, 6.45) is 5.88. The lowest BCUT2D eigenvalue weighted by molar-refractivity contribution is 0.0954. The molecule has 140 valence electrons. The van der Waals surface area contributed by atoms with Crippen LogP contribution in [0.4, 0.5) is 5.95 Å². The van der Waals surface area contributed by atoms with E-state index in [0.29, 0.717) is 24.5 Å². The van der Waals surface area contributed by atoms with Crippen molar-refractivity contribution in [2.75, 3.05) is 18.4 Å². The third-order valence-electron chi connectivity index (χ3n) is 4.15. The number of benzene rings is 1. The molecule has 2 aromatic heterocycles. The number of rotatable bonds is 7. The van der Waals surface area contributed by atoms with E-state index in [1.807, 2.05) is 36.7 Å². The molecule has 3 aromatic rings. The van der Waals surface area contributed by atoms with Gasteiger partial charge in [-0.25, -0.2) is 4.98 Å². The van der Waals surface area contributed by atoms with Crippen molar-refractivity contribution in [2.45, 2.75) is 20.3 Å². The Hall–Kier alpha value is -3.35. The molecule has 0 bridgehead atoms. The van der Waals surface area contributed by atoms with Gasteiger partial charge in [-0.15, -0.1) is 0 Å². The summed E-state index contributed by atoms with van der Waals surface area (Å²) in [7, 11) is 0. The molecule has 0 atom stereocenters. The summed E-state index contributed by atoms with van der Waals surface area (Å²) in [6, 6.07) is 8.88. The average molecular weight is 365 g/mol. The van der Waals surface area contributed by atoms with E-state index in [-0.39, 0.29) is 11.7 Å². The van der Waals surface area contributed by atoms with Crippen LogP contribution in [0.15, 0.2) is 48.9 Å². The maximum atomic E-state index is 12.4. The number of nitrogens with zero attached hydrogens (tertiary/aromatic N) is 3. The summed E-state index contributed by atoms with van der Waals surface area (Å²) < 4.78 is 1.82. The topological polar surface area (TPSA) is 92.1 Å². The zero-order valence-corrected chi connectivity index (χ0v) is 15.4. The standard InChI is InChI=1S/C20H23N5O2/c1-3-21-20-23-12-14(2)18(24-20)25-11-9-16(13-25)19(27)22-10-8-15-6-4-5-7-17(15)26/h4-7,9,11-13,26H,3,8,10H2,1-2H3,(H,22,27)(H,21,23,24). The summed E-state index contributed by atoms with van der Waals surface area (Å²) >= 11 is 0. The molecule has 3 rings (SSSR count). The molecule has 3 N–H and O–H groups in total. The van der Waals surface area contributed by atoms with E-state index in [9.17, 15) is 9.90 Å². The van der Waals surface area contributed by atoms with E-state index in [2.05, 4.69) is 20.6 Å². The van der Waals surface area contributed by atoms with Gasteiger partial charge in [0.1, 0.15) is 11.6 Å². The highest BCUT2D eigenvalue weighted by atomic mass is 16.3. The Labute approximate surface area is 158 Å². The van der Waals surface area contributed by atoms with E-state index in [4.69, 9.17) is 0 Å². The van der Waals surface area contributed by atoms with Crippen LogP contribution < -0.4 is 10.6 Å². The maximum absolute atomic E-state index is 12.4. The molecule has 1 amide bonds. The van der Waals surface area contributed by atoms with Crippen molar-refractivity contribution in [1.29, 1.82) is 0 Å². The van der Waals surface area contributed by atoms with Gasteiger partial charge in [-0.3, -0.25) is 4.79 Å². The lowest BCUT2D eigenvalue weighted by Gasteiger charge is -2.08. The van der Waals surface area contributed by atoms with Crippen LogP contribution in [-0.4, -0.2) is 38.6 Å². The molecule has 0 unspecified atom stereocenters. The molecule has 0 saturated carbocycles. The Morgan fingerprint density at radius 1 is 1.26 bits per heavy atom. The van der Waals surface area contributed by atoms with Gasteiger partial charge in [-0.2, -0.15) is 4.98 Å². The molecular formula is C20H23N5O2. The molecule has 2 heterocycles. The Balaban J connectivity index is 1.66. The lowest BCUT2D eigenvalue weighted by Crippen LogP contribution is -2.25. The minimum atomic E-state index is -0.164. The van der Waals surface area contributed by atoms with Crippen molar-refractivity contribution in [1.82, 2.24) is 19.9 Å². The molecule has 0 saturated heterocycles. The number of phenolic OH excluding ortho intramolecular Hbond substituents is 1. The Kier molecular flexibility index (Phi) is 5.71. The number of hydrogen-bond donors (Lipinski definition) is 3. The number of carbonyl (C=O) groups is 1. The Morgan fingerprint density at radius 3 is 2.85 bits per heavy atom. The largest absolute Gasteiger partial charge is 0.508 e. The van der Waals surface area contributed by atoms with Crippen LogP contribution in [0, 0.1) is 6.92 Å². The normalized spacial score (nSPS) is 10.6. The maximum Gasteiger partial charge on any atom is 0.252 e. The quantitative estimate of drug-likeness (QED) is 0.599. The predicted octanol–water partition coefficient (Wildman–Crippen LogP) is 2.69. The lowest BCUT2D eigenvalue weighted by atomic mass is 10.1. The van der Waals surface area contributed by atoms with Crippen LogP contribution in [0.1, 0.15) is 28.4 Å². The minimum Gasteiger partial charge on any atom is -0.508 e. The number of aromatic nitrogens is 3. The number of amides is 1. The van der Waals surface area contributed by atoms with Crippen molar-refractivity contribution >= 4 is 11.9 Å². The first-order valence-electron chi connectivity index (χ1n) is 8.89. The second-order valence-corrected chi connectivity index (χ2v) is 6.17. The van der Waals surface area contributed by atoms with Gasteiger partial charge in [0.05, 0.1) is 5.56 Å². The summed E-state index contributed by atoms with van der Waals surface area (Å²) in [6.45, 7) is 5.09. The first-order valence-corrected chi connectivity index (χ1v) is 8.89. The molecule has 7 heteroatoms. The van der Waals surface area contributed by atoms with E-state index in [1.165, 1.54) is 0 Å². The number of aryl methyl sites for hydroxylation is 1. The van der Waals surface area contributed by atoms with Crippen molar-refractivity contribution in [3.8, 4) is 11.6 Å². The van der Waals surface area contributed by atoms with Gasteiger partial charge in [-0.05, 0) is 38.0 Å². The first kappa shape index (κ1) is 18.4. The molecule has 0 spiro atoms. The molecule has 0 aliphatic carbocycles. The summed E-state index contributed by atoms with van der Waals surface area (Å²) in [4.78, 5) is 21.1. The Bertz CT molecular complexity index is 936. The summed E-state index contributed by atoms with van der Waals surface area (Å²) in [5.74, 6) is 1.37. The average Bonchev–Trinajstić information content (AvgIpc) is 3.15. The number of phenols is 1. The summed E-state index contributed by atoms with van der Waals surface area (Å²) in [5.41, 5.74) is 2.27. The number of carbonyl (C=O) groups excluding carboxylic acids is 1. The van der Waals surface area contributed by atoms with Crippen LogP contribution in [-0.2, 0) is 6.42 Å². The van der Waals surface area contributed by atoms with E-state index in [0.717, 1.165) is 23.5 Å². The van der Waals surface area contributed by atoms with Crippen LogP contribution in [0.3, 0.4) is 0 Å². The molecule has 0 radical (unpaired) electrons. The molecule has 0 fully saturated rings. The van der Waals surface area contributed by atoms with Gasteiger partial charge in [0, 0.05) is 37.2 Å². The number of anilines is 1. The molecule has 7 nitrogen and oxygen atoms in total. The smallest absolute Gasteiger partial charge is 0.252 e. The zero-order chi connectivity index (χ0) is 19.2. The highest BCUT2D eigenvalue weighted by Crippen LogP contribution is 2.16. The molecule has 27 heavy (non-hydrogen) atoms. The fourth-order valence-corrected chi connectivity index (χ4v) is 2.74. The summed E-state index contributed by atoms with van der Waals surface area (Å²) in [5, 5.41) is 15.7. The zero-order valence-electron chi connectivity index (χ0n) is 15.4. The minimum absolute atomic E-state index is 0.164. The van der Waals surface area contributed by atoms with Crippen molar-refractivity contribution in [3.05, 3.63) is 65.6 Å². The van der Waals surface area contributed by atoms with Gasteiger partial charge in [-0.1, -0.05) is 18.2 Å². The van der Waals surface area contributed by atoms with E-state index in [1.54, 1.807) is 30.6 Å². The third-order valence-corrected chi connectivity index (χ3v) is 4.15. The van der Waals surface area contributed by atoms with Crippen LogP contribution in [0.2, 0.25) is 0 Å².